The maximum atomic E-state index is 5.99. The molecule has 0 aliphatic rings. The number of nitrogen functional groups attached to an aromatic ring is 1. The zero-order valence-electron chi connectivity index (χ0n) is 10.7. The van der Waals surface area contributed by atoms with Gasteiger partial charge in [-0.05, 0) is 37.3 Å². The van der Waals surface area contributed by atoms with Crippen LogP contribution in [-0.4, -0.2) is 17.1 Å². The predicted octanol–water partition coefficient (Wildman–Crippen LogP) is 3.26. The van der Waals surface area contributed by atoms with Gasteiger partial charge in [0.25, 0.3) is 0 Å². The molecule has 96 valence electrons. The second kappa shape index (κ2) is 4.51. The van der Waals surface area contributed by atoms with E-state index in [1.165, 1.54) is 4.88 Å². The standard InChI is InChI=1S/C14H13N3OS/c1-8-7-11-12(15)16-13(17-14(11)19-8)9-3-5-10(18-2)6-4-9/h3-7H,1-2H3,(H2,15,16,17). The van der Waals surface area contributed by atoms with Crippen LogP contribution in [0.15, 0.2) is 30.3 Å². The average molecular weight is 271 g/mol. The van der Waals surface area contributed by atoms with E-state index in [2.05, 4.69) is 9.97 Å². The van der Waals surface area contributed by atoms with Crippen molar-refractivity contribution in [1.29, 1.82) is 0 Å². The molecular weight excluding hydrogens is 258 g/mol. The lowest BCUT2D eigenvalue weighted by atomic mass is 10.2. The van der Waals surface area contributed by atoms with E-state index in [0.29, 0.717) is 11.6 Å². The Morgan fingerprint density at radius 1 is 1.16 bits per heavy atom. The Kier molecular flexibility index (Phi) is 2.83. The van der Waals surface area contributed by atoms with Crippen LogP contribution in [0.3, 0.4) is 0 Å². The van der Waals surface area contributed by atoms with Gasteiger partial charge in [-0.1, -0.05) is 0 Å². The molecule has 0 unspecified atom stereocenters. The highest BCUT2D eigenvalue weighted by Crippen LogP contribution is 2.29. The fourth-order valence-electron chi connectivity index (χ4n) is 1.93. The number of benzene rings is 1. The summed E-state index contributed by atoms with van der Waals surface area (Å²) < 4.78 is 5.14. The van der Waals surface area contributed by atoms with Crippen LogP contribution in [0.1, 0.15) is 4.88 Å². The lowest BCUT2D eigenvalue weighted by Gasteiger charge is -2.04. The molecule has 0 radical (unpaired) electrons. The first-order valence-corrected chi connectivity index (χ1v) is 6.67. The number of anilines is 1. The Balaban J connectivity index is 2.13. The molecule has 2 aromatic heterocycles. The quantitative estimate of drug-likeness (QED) is 0.777. The van der Waals surface area contributed by atoms with Crippen LogP contribution in [0.25, 0.3) is 21.6 Å². The highest BCUT2D eigenvalue weighted by molar-refractivity contribution is 7.18. The van der Waals surface area contributed by atoms with Crippen molar-refractivity contribution in [1.82, 2.24) is 9.97 Å². The summed E-state index contributed by atoms with van der Waals surface area (Å²) in [5, 5.41) is 0.930. The van der Waals surface area contributed by atoms with Crippen molar-refractivity contribution in [3.63, 3.8) is 0 Å². The monoisotopic (exact) mass is 271 g/mol. The van der Waals surface area contributed by atoms with E-state index in [-0.39, 0.29) is 0 Å². The van der Waals surface area contributed by atoms with Crippen molar-refractivity contribution < 1.29 is 4.74 Å². The summed E-state index contributed by atoms with van der Waals surface area (Å²) in [5.41, 5.74) is 6.93. The largest absolute Gasteiger partial charge is 0.497 e. The molecule has 0 fully saturated rings. The lowest BCUT2D eigenvalue weighted by Crippen LogP contribution is -1.96. The number of thiophene rings is 1. The van der Waals surface area contributed by atoms with E-state index in [4.69, 9.17) is 10.5 Å². The van der Waals surface area contributed by atoms with Crippen LogP contribution < -0.4 is 10.5 Å². The average Bonchev–Trinajstić information content (AvgIpc) is 2.80. The fourth-order valence-corrected chi connectivity index (χ4v) is 2.82. The molecule has 3 aromatic rings. The molecule has 5 heteroatoms. The Morgan fingerprint density at radius 3 is 2.58 bits per heavy atom. The summed E-state index contributed by atoms with van der Waals surface area (Å²) in [4.78, 5) is 11.1. The predicted molar refractivity (Wildman–Crippen MR) is 78.6 cm³/mol. The Labute approximate surface area is 114 Å². The third-order valence-corrected chi connectivity index (χ3v) is 3.84. The molecule has 3 rings (SSSR count). The van der Waals surface area contributed by atoms with Crippen LogP contribution in [0.5, 0.6) is 5.75 Å². The van der Waals surface area contributed by atoms with Gasteiger partial charge in [0.2, 0.25) is 0 Å². The molecule has 0 amide bonds. The highest BCUT2D eigenvalue weighted by Gasteiger charge is 2.09. The minimum Gasteiger partial charge on any atom is -0.497 e. The van der Waals surface area contributed by atoms with E-state index in [1.54, 1.807) is 18.4 Å². The molecule has 0 aliphatic heterocycles. The second-order valence-corrected chi connectivity index (χ2v) is 5.47. The summed E-state index contributed by atoms with van der Waals surface area (Å²) in [5.74, 6) is 1.99. The van der Waals surface area contributed by atoms with Gasteiger partial charge in [-0.15, -0.1) is 11.3 Å². The lowest BCUT2D eigenvalue weighted by molar-refractivity contribution is 0.415. The van der Waals surface area contributed by atoms with E-state index in [9.17, 15) is 0 Å². The molecule has 0 saturated heterocycles. The van der Waals surface area contributed by atoms with Crippen LogP contribution in [0, 0.1) is 6.92 Å². The summed E-state index contributed by atoms with van der Waals surface area (Å²) in [7, 11) is 1.64. The van der Waals surface area contributed by atoms with Gasteiger partial charge in [0.1, 0.15) is 16.4 Å². The first-order valence-electron chi connectivity index (χ1n) is 5.85. The molecule has 0 bridgehead atoms. The van der Waals surface area contributed by atoms with Crippen molar-refractivity contribution in [3.05, 3.63) is 35.2 Å². The summed E-state index contributed by atoms with van der Waals surface area (Å²) in [6, 6.07) is 9.66. The number of nitrogens with zero attached hydrogens (tertiary/aromatic N) is 2. The van der Waals surface area contributed by atoms with E-state index in [0.717, 1.165) is 21.5 Å². The van der Waals surface area contributed by atoms with Gasteiger partial charge in [-0.2, -0.15) is 0 Å². The molecule has 1 aromatic carbocycles. The number of nitrogens with two attached hydrogens (primary N) is 1. The summed E-state index contributed by atoms with van der Waals surface area (Å²) >= 11 is 1.63. The van der Waals surface area contributed by atoms with Crippen LogP contribution >= 0.6 is 11.3 Å². The number of methoxy groups -OCH3 is 1. The number of aromatic nitrogens is 2. The number of ether oxygens (including phenoxy) is 1. The zero-order valence-corrected chi connectivity index (χ0v) is 11.5. The topological polar surface area (TPSA) is 61.0 Å². The summed E-state index contributed by atoms with van der Waals surface area (Å²) in [6.07, 6.45) is 0. The minimum absolute atomic E-state index is 0.528. The second-order valence-electron chi connectivity index (χ2n) is 4.24. The Hall–Kier alpha value is -2.14. The minimum atomic E-state index is 0.528. The molecule has 4 nitrogen and oxygen atoms in total. The van der Waals surface area contributed by atoms with E-state index in [1.807, 2.05) is 37.3 Å². The molecule has 0 spiro atoms. The van der Waals surface area contributed by atoms with E-state index < -0.39 is 0 Å². The number of hydrogen-bond acceptors (Lipinski definition) is 5. The molecule has 0 atom stereocenters. The number of fused-ring (bicyclic) bond motifs is 1. The Bertz CT molecular complexity index is 734. The molecule has 0 saturated carbocycles. The van der Waals surface area contributed by atoms with Gasteiger partial charge in [-0.25, -0.2) is 9.97 Å². The first-order chi connectivity index (χ1) is 9.17. The number of aryl methyl sites for hydroxylation is 1. The normalized spacial score (nSPS) is 10.8. The maximum Gasteiger partial charge on any atom is 0.163 e. The van der Waals surface area contributed by atoms with E-state index >= 15 is 0 Å². The van der Waals surface area contributed by atoms with Crippen molar-refractivity contribution in [3.8, 4) is 17.1 Å². The molecular formula is C14H13N3OS. The molecule has 2 heterocycles. The molecule has 19 heavy (non-hydrogen) atoms. The van der Waals surface area contributed by atoms with Crippen molar-refractivity contribution in [2.45, 2.75) is 6.92 Å². The van der Waals surface area contributed by atoms with Crippen LogP contribution in [0.2, 0.25) is 0 Å². The van der Waals surface area contributed by atoms with Gasteiger partial charge < -0.3 is 10.5 Å². The first kappa shape index (κ1) is 11.9. The molecule has 0 aliphatic carbocycles. The van der Waals surface area contributed by atoms with Crippen molar-refractivity contribution >= 4 is 27.4 Å². The number of hydrogen-bond donors (Lipinski definition) is 1. The van der Waals surface area contributed by atoms with Gasteiger partial charge in [0, 0.05) is 10.4 Å². The fraction of sp³-hybridized carbons (Fsp3) is 0.143. The van der Waals surface area contributed by atoms with Gasteiger partial charge in [-0.3, -0.25) is 0 Å². The third-order valence-electron chi connectivity index (χ3n) is 2.89. The van der Waals surface area contributed by atoms with Crippen molar-refractivity contribution in [2.75, 3.05) is 12.8 Å². The molecule has 2 N–H and O–H groups in total. The van der Waals surface area contributed by atoms with Crippen LogP contribution in [-0.2, 0) is 0 Å². The number of rotatable bonds is 2. The highest BCUT2D eigenvalue weighted by atomic mass is 32.1. The zero-order chi connectivity index (χ0) is 13.4. The summed E-state index contributed by atoms with van der Waals surface area (Å²) in [6.45, 7) is 2.04. The third kappa shape index (κ3) is 2.13. The van der Waals surface area contributed by atoms with Gasteiger partial charge in [0.15, 0.2) is 5.82 Å². The van der Waals surface area contributed by atoms with Crippen LogP contribution in [0.4, 0.5) is 5.82 Å². The van der Waals surface area contributed by atoms with Gasteiger partial charge >= 0.3 is 0 Å². The van der Waals surface area contributed by atoms with Gasteiger partial charge in [0.05, 0.1) is 12.5 Å². The SMILES string of the molecule is COc1ccc(-c2nc(N)c3cc(C)sc3n2)cc1. The smallest absolute Gasteiger partial charge is 0.163 e. The maximum absolute atomic E-state index is 5.99. The Morgan fingerprint density at radius 2 is 1.89 bits per heavy atom. The van der Waals surface area contributed by atoms with Crippen molar-refractivity contribution in [2.24, 2.45) is 0 Å².